The van der Waals surface area contributed by atoms with Gasteiger partial charge in [0.25, 0.3) is 11.7 Å². The molecular formula is C29H30N2O5. The molecule has 7 nitrogen and oxygen atoms in total. The zero-order valence-electron chi connectivity index (χ0n) is 20.7. The van der Waals surface area contributed by atoms with Gasteiger partial charge >= 0.3 is 0 Å². The monoisotopic (exact) mass is 486 g/mol. The molecule has 0 aliphatic carbocycles. The molecule has 0 bridgehead atoms. The van der Waals surface area contributed by atoms with Crippen LogP contribution in [-0.4, -0.2) is 60.9 Å². The van der Waals surface area contributed by atoms with Gasteiger partial charge in [0.2, 0.25) is 0 Å². The molecule has 7 heteroatoms. The number of aliphatic hydroxyl groups excluding tert-OH is 1. The second kappa shape index (κ2) is 11.1. The zero-order valence-corrected chi connectivity index (χ0v) is 20.7. The first-order valence-corrected chi connectivity index (χ1v) is 11.7. The van der Waals surface area contributed by atoms with Gasteiger partial charge in [-0.3, -0.25) is 9.59 Å². The standard InChI is InChI=1S/C29H30N2O5/c1-30(2)17-18-31-26(21-9-15-24(16-10-21)36-19-20-7-5-4-6-8-20)25(28(33)29(31)34)27(32)22-11-13-23(35-3)14-12-22/h4-16,26,32H,17-19H2,1-3H3/b27-25-. The third kappa shape index (κ3) is 5.42. The molecule has 1 aliphatic heterocycles. The van der Waals surface area contributed by atoms with E-state index in [0.717, 1.165) is 11.1 Å². The van der Waals surface area contributed by atoms with Gasteiger partial charge in [-0.25, -0.2) is 0 Å². The van der Waals surface area contributed by atoms with Crippen LogP contribution >= 0.6 is 0 Å². The summed E-state index contributed by atoms with van der Waals surface area (Å²) in [5, 5.41) is 11.2. The maximum Gasteiger partial charge on any atom is 0.295 e. The molecule has 1 N–H and O–H groups in total. The fourth-order valence-corrected chi connectivity index (χ4v) is 4.16. The lowest BCUT2D eigenvalue weighted by atomic mass is 9.95. The van der Waals surface area contributed by atoms with E-state index in [9.17, 15) is 14.7 Å². The number of hydrogen-bond acceptors (Lipinski definition) is 6. The first-order chi connectivity index (χ1) is 17.4. The van der Waals surface area contributed by atoms with Gasteiger partial charge in [-0.15, -0.1) is 0 Å². The van der Waals surface area contributed by atoms with Crippen LogP contribution in [-0.2, 0) is 16.2 Å². The smallest absolute Gasteiger partial charge is 0.295 e. The highest BCUT2D eigenvalue weighted by molar-refractivity contribution is 6.46. The number of carbonyl (C=O) groups excluding carboxylic acids is 2. The Morgan fingerprint density at radius 3 is 2.17 bits per heavy atom. The van der Waals surface area contributed by atoms with Crippen molar-refractivity contribution < 1.29 is 24.2 Å². The molecule has 0 aromatic heterocycles. The molecule has 3 aromatic rings. The van der Waals surface area contributed by atoms with E-state index in [4.69, 9.17) is 9.47 Å². The van der Waals surface area contributed by atoms with Crippen LogP contribution in [0.3, 0.4) is 0 Å². The Morgan fingerprint density at radius 1 is 0.917 bits per heavy atom. The molecule has 1 atom stereocenters. The molecule has 1 saturated heterocycles. The van der Waals surface area contributed by atoms with Crippen LogP contribution in [0, 0.1) is 0 Å². The number of aliphatic hydroxyl groups is 1. The molecule has 1 amide bonds. The lowest BCUT2D eigenvalue weighted by Crippen LogP contribution is -2.35. The number of benzene rings is 3. The number of carbonyl (C=O) groups is 2. The largest absolute Gasteiger partial charge is 0.507 e. The van der Waals surface area contributed by atoms with Crippen LogP contribution < -0.4 is 9.47 Å². The number of ether oxygens (including phenoxy) is 2. The second-order valence-electron chi connectivity index (χ2n) is 8.87. The number of amides is 1. The molecule has 36 heavy (non-hydrogen) atoms. The number of methoxy groups -OCH3 is 1. The number of rotatable bonds is 9. The first-order valence-electron chi connectivity index (χ1n) is 11.7. The fourth-order valence-electron chi connectivity index (χ4n) is 4.16. The van der Waals surface area contributed by atoms with Crippen LogP contribution in [0.4, 0.5) is 0 Å². The highest BCUT2D eigenvalue weighted by Crippen LogP contribution is 2.39. The minimum atomic E-state index is -0.713. The molecule has 1 fully saturated rings. The summed E-state index contributed by atoms with van der Waals surface area (Å²) in [4.78, 5) is 29.6. The maximum absolute atomic E-state index is 13.1. The van der Waals surface area contributed by atoms with Crippen molar-refractivity contribution in [1.29, 1.82) is 0 Å². The maximum atomic E-state index is 13.1. The van der Waals surface area contributed by atoms with Crippen molar-refractivity contribution in [2.45, 2.75) is 12.6 Å². The third-order valence-corrected chi connectivity index (χ3v) is 6.14. The normalized spacial score (nSPS) is 17.0. The molecule has 1 heterocycles. The molecule has 186 valence electrons. The van der Waals surface area contributed by atoms with Crippen molar-refractivity contribution in [2.75, 3.05) is 34.3 Å². The zero-order chi connectivity index (χ0) is 25.7. The van der Waals surface area contributed by atoms with Crippen LogP contribution in [0.25, 0.3) is 5.76 Å². The highest BCUT2D eigenvalue weighted by Gasteiger charge is 2.45. The molecule has 0 saturated carbocycles. The van der Waals surface area contributed by atoms with Crippen molar-refractivity contribution in [3.63, 3.8) is 0 Å². The number of likely N-dealkylation sites (N-methyl/N-ethyl adjacent to an activating group) is 1. The summed E-state index contributed by atoms with van der Waals surface area (Å²) in [5.41, 5.74) is 2.28. The van der Waals surface area contributed by atoms with Gasteiger partial charge in [-0.2, -0.15) is 0 Å². The minimum Gasteiger partial charge on any atom is -0.507 e. The Bertz CT molecular complexity index is 1230. The topological polar surface area (TPSA) is 79.3 Å². The summed E-state index contributed by atoms with van der Waals surface area (Å²) in [6.07, 6.45) is 0. The fraction of sp³-hybridized carbons (Fsp3) is 0.241. The first kappa shape index (κ1) is 25.0. The van der Waals surface area contributed by atoms with Gasteiger partial charge in [0, 0.05) is 18.7 Å². The van der Waals surface area contributed by atoms with Gasteiger partial charge in [0.1, 0.15) is 23.9 Å². The van der Waals surface area contributed by atoms with Crippen molar-refractivity contribution in [1.82, 2.24) is 9.80 Å². The van der Waals surface area contributed by atoms with Crippen molar-refractivity contribution in [3.8, 4) is 11.5 Å². The number of likely N-dealkylation sites (tertiary alicyclic amines) is 1. The van der Waals surface area contributed by atoms with Crippen LogP contribution in [0.1, 0.15) is 22.7 Å². The number of ketones is 1. The summed E-state index contributed by atoms with van der Waals surface area (Å²) in [5.74, 6) is -0.237. The number of hydrogen-bond donors (Lipinski definition) is 1. The lowest BCUT2D eigenvalue weighted by molar-refractivity contribution is -0.140. The number of nitrogens with zero attached hydrogens (tertiary/aromatic N) is 2. The summed E-state index contributed by atoms with van der Waals surface area (Å²) in [7, 11) is 5.36. The summed E-state index contributed by atoms with van der Waals surface area (Å²) < 4.78 is 11.1. The number of Topliss-reactive ketones (excluding diaryl/α,β-unsaturated/α-hetero) is 1. The predicted octanol–water partition coefficient (Wildman–Crippen LogP) is 4.26. The van der Waals surface area contributed by atoms with Gasteiger partial charge in [-0.1, -0.05) is 42.5 Å². The molecule has 3 aromatic carbocycles. The average Bonchev–Trinajstić information content (AvgIpc) is 3.16. The van der Waals surface area contributed by atoms with Crippen molar-refractivity contribution >= 4 is 17.4 Å². The Labute approximate surface area is 211 Å². The summed E-state index contributed by atoms with van der Waals surface area (Å²) >= 11 is 0. The van der Waals surface area contributed by atoms with Crippen LogP contribution in [0.5, 0.6) is 11.5 Å². The summed E-state index contributed by atoms with van der Waals surface area (Å²) in [6.45, 7) is 1.34. The van der Waals surface area contributed by atoms with Crippen molar-refractivity contribution in [3.05, 3.63) is 101 Å². The molecule has 4 rings (SSSR count). The van der Waals surface area contributed by atoms with E-state index in [-0.39, 0.29) is 11.3 Å². The second-order valence-corrected chi connectivity index (χ2v) is 8.87. The van der Waals surface area contributed by atoms with Gasteiger partial charge in [0.15, 0.2) is 0 Å². The third-order valence-electron chi connectivity index (χ3n) is 6.14. The van der Waals surface area contributed by atoms with Crippen LogP contribution in [0.2, 0.25) is 0 Å². The van der Waals surface area contributed by atoms with E-state index in [1.54, 1.807) is 31.4 Å². The quantitative estimate of drug-likeness (QED) is 0.277. The van der Waals surface area contributed by atoms with Crippen molar-refractivity contribution in [2.24, 2.45) is 0 Å². The SMILES string of the molecule is COc1ccc(/C(O)=C2/C(=O)C(=O)N(CCN(C)C)C2c2ccc(OCc3ccccc3)cc2)cc1. The van der Waals surface area contributed by atoms with E-state index in [1.807, 2.05) is 73.6 Å². The van der Waals surface area contributed by atoms with Gasteiger partial charge < -0.3 is 24.4 Å². The van der Waals surface area contributed by atoms with Gasteiger partial charge in [-0.05, 0) is 61.6 Å². The molecule has 1 aliphatic rings. The lowest BCUT2D eigenvalue weighted by Gasteiger charge is -2.26. The Kier molecular flexibility index (Phi) is 7.71. The van der Waals surface area contributed by atoms with Gasteiger partial charge in [0.05, 0.1) is 18.7 Å². The predicted molar refractivity (Wildman–Crippen MR) is 138 cm³/mol. The Morgan fingerprint density at radius 2 is 1.56 bits per heavy atom. The average molecular weight is 487 g/mol. The molecule has 0 spiro atoms. The van der Waals surface area contributed by atoms with E-state index in [0.29, 0.717) is 36.8 Å². The van der Waals surface area contributed by atoms with E-state index in [2.05, 4.69) is 0 Å². The Balaban J connectivity index is 1.67. The minimum absolute atomic E-state index is 0.0712. The molecular weight excluding hydrogens is 456 g/mol. The summed E-state index contributed by atoms with van der Waals surface area (Å²) in [6, 6.07) is 23.2. The molecule has 0 radical (unpaired) electrons. The van der Waals surface area contributed by atoms with E-state index in [1.165, 1.54) is 4.90 Å². The highest BCUT2D eigenvalue weighted by atomic mass is 16.5. The van der Waals surface area contributed by atoms with E-state index >= 15 is 0 Å². The van der Waals surface area contributed by atoms with E-state index < -0.39 is 17.7 Å². The molecule has 1 unspecified atom stereocenters. The Hall–Kier alpha value is -4.10. The van der Waals surface area contributed by atoms with Crippen LogP contribution in [0.15, 0.2) is 84.4 Å².